The molecule has 0 atom stereocenters. The summed E-state index contributed by atoms with van der Waals surface area (Å²) in [5.41, 5.74) is 7.55. The Morgan fingerprint density at radius 3 is 2.43 bits per heavy atom. The van der Waals surface area contributed by atoms with Crippen molar-refractivity contribution >= 4 is 23.0 Å². The number of rotatable bonds is 7. The average molecular weight is 408 g/mol. The van der Waals surface area contributed by atoms with Crippen LogP contribution in [0.15, 0.2) is 48.5 Å². The number of ketones is 1. The lowest BCUT2D eigenvalue weighted by Gasteiger charge is -2.12. The first-order valence-electron chi connectivity index (χ1n) is 9.10. The molecule has 2 aromatic carbocycles. The van der Waals surface area contributed by atoms with Crippen LogP contribution in [0.25, 0.3) is 0 Å². The number of nitrogens with zero attached hydrogens (tertiary/aromatic N) is 2. The van der Waals surface area contributed by atoms with E-state index in [-0.39, 0.29) is 35.9 Å². The van der Waals surface area contributed by atoms with Gasteiger partial charge < -0.3 is 15.8 Å². The van der Waals surface area contributed by atoms with Crippen LogP contribution >= 0.6 is 0 Å². The number of nitriles is 1. The van der Waals surface area contributed by atoms with Gasteiger partial charge in [0.05, 0.1) is 17.3 Å². The molecule has 0 spiro atoms. The van der Waals surface area contributed by atoms with Gasteiger partial charge in [0, 0.05) is 24.6 Å². The fourth-order valence-electron chi connectivity index (χ4n) is 2.64. The molecule has 0 radical (unpaired) electrons. The molecule has 0 fully saturated rings. The smallest absolute Gasteiger partial charge is 0.221 e. The molecule has 0 aliphatic heterocycles. The van der Waals surface area contributed by atoms with E-state index in [2.05, 4.69) is 10.3 Å². The zero-order chi connectivity index (χ0) is 21.7. The standard InChI is InChI=1S/C22H18F2N4O2/c1-2-16(29)9-14-10-17(23)21(18(24)11-14)30-20-8-7-19(26)22(28-20)27-15-5-3-13(12-25)4-6-15/h3-8,10-11H,2,9,26H2,1H3,(H,27,28). The maximum absolute atomic E-state index is 14.4. The van der Waals surface area contributed by atoms with Crippen molar-refractivity contribution in [1.82, 2.24) is 4.98 Å². The third-order valence-corrected chi connectivity index (χ3v) is 4.24. The molecule has 3 N–H and O–H groups in total. The first-order valence-corrected chi connectivity index (χ1v) is 9.10. The second kappa shape index (κ2) is 9.01. The van der Waals surface area contributed by atoms with Gasteiger partial charge in [0.1, 0.15) is 5.78 Å². The maximum Gasteiger partial charge on any atom is 0.221 e. The van der Waals surface area contributed by atoms with Gasteiger partial charge in [0.2, 0.25) is 11.6 Å². The molecule has 0 unspecified atom stereocenters. The van der Waals surface area contributed by atoms with Gasteiger partial charge in [0.15, 0.2) is 17.5 Å². The normalized spacial score (nSPS) is 10.3. The summed E-state index contributed by atoms with van der Waals surface area (Å²) in [7, 11) is 0. The summed E-state index contributed by atoms with van der Waals surface area (Å²) in [5.74, 6) is -2.47. The van der Waals surface area contributed by atoms with E-state index < -0.39 is 17.4 Å². The number of nitrogens with two attached hydrogens (primary N) is 1. The summed E-state index contributed by atoms with van der Waals surface area (Å²) in [5, 5.41) is 11.8. The summed E-state index contributed by atoms with van der Waals surface area (Å²) in [4.78, 5) is 15.7. The van der Waals surface area contributed by atoms with Crippen LogP contribution in [0.4, 0.5) is 26.0 Å². The quantitative estimate of drug-likeness (QED) is 0.578. The van der Waals surface area contributed by atoms with Crippen molar-refractivity contribution in [3.8, 4) is 17.7 Å². The lowest BCUT2D eigenvalue weighted by molar-refractivity contribution is -0.118. The number of benzene rings is 2. The minimum absolute atomic E-state index is 0.0522. The van der Waals surface area contributed by atoms with Crippen LogP contribution in [-0.4, -0.2) is 10.8 Å². The SMILES string of the molecule is CCC(=O)Cc1cc(F)c(Oc2ccc(N)c(Nc3ccc(C#N)cc3)n2)c(F)c1. The molecule has 6 nitrogen and oxygen atoms in total. The average Bonchev–Trinajstić information content (AvgIpc) is 2.73. The van der Waals surface area contributed by atoms with Crippen molar-refractivity contribution in [1.29, 1.82) is 5.26 Å². The van der Waals surface area contributed by atoms with Crippen LogP contribution in [0.3, 0.4) is 0 Å². The summed E-state index contributed by atoms with van der Waals surface area (Å²) >= 11 is 0. The van der Waals surface area contributed by atoms with Crippen molar-refractivity contribution < 1.29 is 18.3 Å². The number of pyridine rings is 1. The molecule has 30 heavy (non-hydrogen) atoms. The third-order valence-electron chi connectivity index (χ3n) is 4.24. The highest BCUT2D eigenvalue weighted by molar-refractivity contribution is 5.80. The van der Waals surface area contributed by atoms with Gasteiger partial charge in [-0.1, -0.05) is 6.92 Å². The van der Waals surface area contributed by atoms with Crippen molar-refractivity contribution in [3.63, 3.8) is 0 Å². The van der Waals surface area contributed by atoms with Crippen LogP contribution in [0.5, 0.6) is 11.6 Å². The van der Waals surface area contributed by atoms with Crippen molar-refractivity contribution in [3.05, 3.63) is 71.3 Å². The maximum atomic E-state index is 14.4. The van der Waals surface area contributed by atoms with Crippen LogP contribution in [0, 0.1) is 23.0 Å². The van der Waals surface area contributed by atoms with Gasteiger partial charge in [-0.25, -0.2) is 8.78 Å². The minimum Gasteiger partial charge on any atom is -0.433 e. The number of hydrogen-bond donors (Lipinski definition) is 2. The van der Waals surface area contributed by atoms with Gasteiger partial charge >= 0.3 is 0 Å². The van der Waals surface area contributed by atoms with Gasteiger partial charge in [0.25, 0.3) is 0 Å². The molecule has 1 heterocycles. The van der Waals surface area contributed by atoms with Crippen LogP contribution < -0.4 is 15.8 Å². The van der Waals surface area contributed by atoms with Gasteiger partial charge in [-0.15, -0.1) is 0 Å². The Balaban J connectivity index is 1.82. The highest BCUT2D eigenvalue weighted by Crippen LogP contribution is 2.31. The number of carbonyl (C=O) groups is 1. The monoisotopic (exact) mass is 408 g/mol. The molecular weight excluding hydrogens is 390 g/mol. The van der Waals surface area contributed by atoms with E-state index in [1.807, 2.05) is 6.07 Å². The van der Waals surface area contributed by atoms with E-state index in [0.717, 1.165) is 12.1 Å². The fourth-order valence-corrected chi connectivity index (χ4v) is 2.64. The first kappa shape index (κ1) is 20.7. The molecule has 0 saturated heterocycles. The van der Waals surface area contributed by atoms with Gasteiger partial charge in [-0.2, -0.15) is 10.2 Å². The van der Waals surface area contributed by atoms with Crippen LogP contribution in [0.2, 0.25) is 0 Å². The zero-order valence-electron chi connectivity index (χ0n) is 16.1. The second-order valence-corrected chi connectivity index (χ2v) is 6.46. The molecular formula is C22H18F2N4O2. The highest BCUT2D eigenvalue weighted by atomic mass is 19.1. The fraction of sp³-hybridized carbons (Fsp3) is 0.136. The molecule has 8 heteroatoms. The number of nitrogen functional groups attached to an aromatic ring is 1. The highest BCUT2D eigenvalue weighted by Gasteiger charge is 2.16. The van der Waals surface area contributed by atoms with Crippen molar-refractivity contribution in [2.45, 2.75) is 19.8 Å². The molecule has 0 saturated carbocycles. The van der Waals surface area contributed by atoms with E-state index in [4.69, 9.17) is 15.7 Å². The largest absolute Gasteiger partial charge is 0.433 e. The summed E-state index contributed by atoms with van der Waals surface area (Å²) in [6.07, 6.45) is 0.231. The Kier molecular flexibility index (Phi) is 6.23. The van der Waals surface area contributed by atoms with E-state index >= 15 is 0 Å². The molecule has 152 valence electrons. The summed E-state index contributed by atoms with van der Waals surface area (Å²) in [6.45, 7) is 1.68. The first-order chi connectivity index (χ1) is 14.4. The third kappa shape index (κ3) is 4.89. The Hall–Kier alpha value is -3.99. The van der Waals surface area contributed by atoms with Crippen LogP contribution in [-0.2, 0) is 11.2 Å². The predicted molar refractivity (Wildman–Crippen MR) is 109 cm³/mol. The molecule has 3 aromatic rings. The molecule has 0 aliphatic rings. The predicted octanol–water partition coefficient (Wildman–Crippen LogP) is 4.87. The molecule has 1 aromatic heterocycles. The minimum atomic E-state index is -0.936. The van der Waals surface area contributed by atoms with E-state index in [1.165, 1.54) is 12.1 Å². The van der Waals surface area contributed by atoms with Gasteiger partial charge in [-0.05, 0) is 48.0 Å². The topological polar surface area (TPSA) is 101 Å². The summed E-state index contributed by atoms with van der Waals surface area (Å²) in [6, 6.07) is 13.6. The van der Waals surface area contributed by atoms with Gasteiger partial charge in [-0.3, -0.25) is 4.79 Å². The zero-order valence-corrected chi connectivity index (χ0v) is 16.1. The lowest BCUT2D eigenvalue weighted by atomic mass is 10.1. The molecule has 0 amide bonds. The number of aromatic nitrogens is 1. The number of hydrogen-bond acceptors (Lipinski definition) is 6. The number of Topliss-reactive ketones (excluding diaryl/α,β-unsaturated/α-hetero) is 1. The molecule has 0 bridgehead atoms. The summed E-state index contributed by atoms with van der Waals surface area (Å²) < 4.78 is 34.1. The molecule has 0 aliphatic carbocycles. The second-order valence-electron chi connectivity index (χ2n) is 6.46. The van der Waals surface area contributed by atoms with E-state index in [1.54, 1.807) is 31.2 Å². The Bertz CT molecular complexity index is 1100. The molecule has 3 rings (SSSR count). The Morgan fingerprint density at radius 1 is 1.17 bits per heavy atom. The Morgan fingerprint density at radius 2 is 1.83 bits per heavy atom. The van der Waals surface area contributed by atoms with Crippen molar-refractivity contribution in [2.75, 3.05) is 11.1 Å². The van der Waals surface area contributed by atoms with Crippen LogP contribution in [0.1, 0.15) is 24.5 Å². The number of anilines is 3. The number of nitrogens with one attached hydrogen (secondary N) is 1. The van der Waals surface area contributed by atoms with E-state index in [0.29, 0.717) is 16.9 Å². The Labute approximate surface area is 171 Å². The number of halogens is 2. The number of carbonyl (C=O) groups excluding carboxylic acids is 1. The lowest BCUT2D eigenvalue weighted by Crippen LogP contribution is -2.04. The number of ether oxygens (including phenoxy) is 1. The van der Waals surface area contributed by atoms with Crippen molar-refractivity contribution in [2.24, 2.45) is 0 Å². The van der Waals surface area contributed by atoms with E-state index in [9.17, 15) is 13.6 Å².